The van der Waals surface area contributed by atoms with Crippen LogP contribution in [0.2, 0.25) is 0 Å². The van der Waals surface area contributed by atoms with E-state index in [0.29, 0.717) is 12.7 Å². The predicted molar refractivity (Wildman–Crippen MR) is 92.8 cm³/mol. The monoisotopic (exact) mass is 325 g/mol. The molecule has 2 aliphatic heterocycles. The highest BCUT2D eigenvalue weighted by atomic mass is 16.7. The molecule has 2 aromatic rings. The predicted octanol–water partition coefficient (Wildman–Crippen LogP) is 3.36. The summed E-state index contributed by atoms with van der Waals surface area (Å²) in [5, 5.41) is 0. The normalized spacial score (nSPS) is 19.6. The second kappa shape index (κ2) is 7.14. The maximum Gasteiger partial charge on any atom is 0.231 e. The van der Waals surface area contributed by atoms with Gasteiger partial charge in [0.1, 0.15) is 12.4 Å². The third-order valence-corrected chi connectivity index (χ3v) is 4.75. The summed E-state index contributed by atoms with van der Waals surface area (Å²) < 4.78 is 16.6. The molecule has 0 radical (unpaired) electrons. The number of para-hydroxylation sites is 1. The number of hydrogen-bond acceptors (Lipinski definition) is 4. The Hall–Kier alpha value is -2.20. The molecule has 4 nitrogen and oxygen atoms in total. The van der Waals surface area contributed by atoms with Crippen LogP contribution in [0, 0.1) is 5.92 Å². The van der Waals surface area contributed by atoms with E-state index in [2.05, 4.69) is 17.0 Å². The summed E-state index contributed by atoms with van der Waals surface area (Å²) in [6.07, 6.45) is 2.35. The van der Waals surface area contributed by atoms with Crippen LogP contribution in [-0.4, -0.2) is 37.9 Å². The minimum atomic E-state index is 0.345. The van der Waals surface area contributed by atoms with Crippen LogP contribution >= 0.6 is 0 Å². The summed E-state index contributed by atoms with van der Waals surface area (Å²) in [5.41, 5.74) is 1.34. The Bertz CT molecular complexity index is 674. The Morgan fingerprint density at radius 1 is 1.04 bits per heavy atom. The van der Waals surface area contributed by atoms with Crippen LogP contribution in [0.4, 0.5) is 0 Å². The van der Waals surface area contributed by atoms with Gasteiger partial charge < -0.3 is 14.2 Å². The number of nitrogens with zero attached hydrogens (tertiary/aromatic N) is 1. The van der Waals surface area contributed by atoms with Crippen molar-refractivity contribution in [1.82, 2.24) is 4.90 Å². The Morgan fingerprint density at radius 2 is 1.92 bits per heavy atom. The topological polar surface area (TPSA) is 30.9 Å². The van der Waals surface area contributed by atoms with Crippen molar-refractivity contribution < 1.29 is 14.2 Å². The first-order valence-electron chi connectivity index (χ1n) is 8.65. The van der Waals surface area contributed by atoms with E-state index in [1.54, 1.807) is 0 Å². The smallest absolute Gasteiger partial charge is 0.231 e. The zero-order valence-electron chi connectivity index (χ0n) is 13.8. The van der Waals surface area contributed by atoms with Gasteiger partial charge >= 0.3 is 0 Å². The van der Waals surface area contributed by atoms with Crippen LogP contribution in [0.25, 0.3) is 0 Å². The van der Waals surface area contributed by atoms with Crippen molar-refractivity contribution in [3.05, 3.63) is 54.1 Å². The zero-order chi connectivity index (χ0) is 16.2. The Labute approximate surface area is 142 Å². The first kappa shape index (κ1) is 15.3. The van der Waals surface area contributed by atoms with E-state index in [1.165, 1.54) is 12.0 Å². The number of fused-ring (bicyclic) bond motifs is 1. The van der Waals surface area contributed by atoms with Crippen molar-refractivity contribution in [2.45, 2.75) is 12.8 Å². The molecule has 0 spiro atoms. The van der Waals surface area contributed by atoms with Gasteiger partial charge in [-0.15, -0.1) is 0 Å². The van der Waals surface area contributed by atoms with E-state index >= 15 is 0 Å². The molecule has 2 aliphatic rings. The van der Waals surface area contributed by atoms with Crippen LogP contribution in [0.15, 0.2) is 48.5 Å². The molecular formula is C20H23NO3. The van der Waals surface area contributed by atoms with Gasteiger partial charge in [0.15, 0.2) is 11.5 Å². The number of hydrogen-bond donors (Lipinski definition) is 0. The third kappa shape index (κ3) is 3.65. The molecule has 0 aromatic heterocycles. The fourth-order valence-corrected chi connectivity index (χ4v) is 3.49. The molecule has 0 saturated carbocycles. The van der Waals surface area contributed by atoms with Gasteiger partial charge in [-0.3, -0.25) is 4.90 Å². The number of ether oxygens (including phenoxy) is 3. The molecular weight excluding hydrogens is 302 g/mol. The molecule has 24 heavy (non-hydrogen) atoms. The summed E-state index contributed by atoms with van der Waals surface area (Å²) >= 11 is 0. The molecule has 0 amide bonds. The van der Waals surface area contributed by atoms with Crippen molar-refractivity contribution in [3.8, 4) is 17.2 Å². The lowest BCUT2D eigenvalue weighted by molar-refractivity contribution is 0.174. The number of rotatable bonds is 6. The summed E-state index contributed by atoms with van der Waals surface area (Å²) in [6, 6.07) is 16.3. The fraction of sp³-hybridized carbons (Fsp3) is 0.400. The highest BCUT2D eigenvalue weighted by Gasteiger charge is 2.23. The molecule has 0 bridgehead atoms. The van der Waals surface area contributed by atoms with Crippen molar-refractivity contribution in [1.29, 1.82) is 0 Å². The zero-order valence-corrected chi connectivity index (χ0v) is 13.8. The largest absolute Gasteiger partial charge is 0.492 e. The molecule has 1 fully saturated rings. The second-order valence-electron chi connectivity index (χ2n) is 6.51. The highest BCUT2D eigenvalue weighted by molar-refractivity contribution is 5.44. The lowest BCUT2D eigenvalue weighted by Crippen LogP contribution is -2.26. The molecule has 126 valence electrons. The Morgan fingerprint density at radius 3 is 2.83 bits per heavy atom. The first-order valence-corrected chi connectivity index (χ1v) is 8.65. The van der Waals surface area contributed by atoms with E-state index in [-0.39, 0.29) is 0 Å². The van der Waals surface area contributed by atoms with Crippen molar-refractivity contribution >= 4 is 0 Å². The molecule has 0 aliphatic carbocycles. The van der Waals surface area contributed by atoms with Crippen LogP contribution in [0.3, 0.4) is 0 Å². The fourth-order valence-electron chi connectivity index (χ4n) is 3.49. The van der Waals surface area contributed by atoms with Crippen LogP contribution in [0.5, 0.6) is 17.2 Å². The number of benzene rings is 2. The van der Waals surface area contributed by atoms with Crippen molar-refractivity contribution in [2.24, 2.45) is 5.92 Å². The van der Waals surface area contributed by atoms with Gasteiger partial charge in [0.2, 0.25) is 6.79 Å². The minimum absolute atomic E-state index is 0.345. The van der Waals surface area contributed by atoms with Crippen LogP contribution < -0.4 is 14.2 Å². The molecule has 1 unspecified atom stereocenters. The summed E-state index contributed by atoms with van der Waals surface area (Å²) in [5.74, 6) is 3.42. The molecule has 2 aromatic carbocycles. The van der Waals surface area contributed by atoms with Crippen molar-refractivity contribution in [2.75, 3.05) is 33.0 Å². The van der Waals surface area contributed by atoms with E-state index in [0.717, 1.165) is 49.9 Å². The Kier molecular flexibility index (Phi) is 4.56. The van der Waals surface area contributed by atoms with Gasteiger partial charge in [-0.1, -0.05) is 24.3 Å². The molecule has 4 heteroatoms. The van der Waals surface area contributed by atoms with E-state index in [4.69, 9.17) is 14.2 Å². The third-order valence-electron chi connectivity index (χ3n) is 4.75. The van der Waals surface area contributed by atoms with Crippen molar-refractivity contribution in [3.63, 3.8) is 0 Å². The van der Waals surface area contributed by atoms with Gasteiger partial charge in [0, 0.05) is 13.1 Å². The average molecular weight is 325 g/mol. The SMILES string of the molecule is c1ccc(OCCN2CCC(Cc3ccc4c(c3)OCO4)C2)cc1. The highest BCUT2D eigenvalue weighted by Crippen LogP contribution is 2.33. The standard InChI is InChI=1S/C20H23NO3/c1-2-4-18(5-3-1)22-11-10-21-9-8-17(14-21)12-16-6-7-19-20(13-16)24-15-23-19/h1-7,13,17H,8-12,14-15H2. The molecule has 4 rings (SSSR count). The quantitative estimate of drug-likeness (QED) is 0.815. The summed E-state index contributed by atoms with van der Waals surface area (Å²) in [6.45, 7) is 4.39. The van der Waals surface area contributed by atoms with Gasteiger partial charge in [0.25, 0.3) is 0 Å². The molecule has 1 saturated heterocycles. The maximum atomic E-state index is 5.80. The van der Waals surface area contributed by atoms with E-state index in [9.17, 15) is 0 Å². The lowest BCUT2D eigenvalue weighted by atomic mass is 9.98. The van der Waals surface area contributed by atoms with Gasteiger partial charge in [0.05, 0.1) is 0 Å². The molecule has 1 atom stereocenters. The van der Waals surface area contributed by atoms with Gasteiger partial charge in [-0.2, -0.15) is 0 Å². The van der Waals surface area contributed by atoms with E-state index < -0.39 is 0 Å². The van der Waals surface area contributed by atoms with Crippen LogP contribution in [0.1, 0.15) is 12.0 Å². The van der Waals surface area contributed by atoms with E-state index in [1.807, 2.05) is 36.4 Å². The van der Waals surface area contributed by atoms with Gasteiger partial charge in [-0.25, -0.2) is 0 Å². The Balaban J connectivity index is 1.23. The lowest BCUT2D eigenvalue weighted by Gasteiger charge is -2.16. The van der Waals surface area contributed by atoms with Crippen LogP contribution in [-0.2, 0) is 6.42 Å². The summed E-state index contributed by atoms with van der Waals surface area (Å²) in [4.78, 5) is 2.50. The van der Waals surface area contributed by atoms with Gasteiger partial charge in [-0.05, 0) is 55.1 Å². The maximum absolute atomic E-state index is 5.80. The molecule has 0 N–H and O–H groups in total. The average Bonchev–Trinajstić information content (AvgIpc) is 3.25. The molecule has 2 heterocycles. The first-order chi connectivity index (χ1) is 11.9. The second-order valence-corrected chi connectivity index (χ2v) is 6.51. The summed E-state index contributed by atoms with van der Waals surface area (Å²) in [7, 11) is 0. The number of likely N-dealkylation sites (tertiary alicyclic amines) is 1. The minimum Gasteiger partial charge on any atom is -0.492 e.